The van der Waals surface area contributed by atoms with E-state index in [1.165, 1.54) is 23.7 Å². The average Bonchev–Trinajstić information content (AvgIpc) is 3.01. The molecule has 3 aromatic rings. The van der Waals surface area contributed by atoms with E-state index in [2.05, 4.69) is 10.3 Å². The Morgan fingerprint density at radius 1 is 1.20 bits per heavy atom. The summed E-state index contributed by atoms with van der Waals surface area (Å²) in [5.41, 5.74) is 1.27. The molecule has 0 saturated carbocycles. The Labute approximate surface area is 149 Å². The maximum absolute atomic E-state index is 12.2. The van der Waals surface area contributed by atoms with Gasteiger partial charge in [0.1, 0.15) is 5.75 Å². The third-order valence-corrected chi connectivity index (χ3v) is 5.69. The number of thiazole rings is 1. The number of carbonyl (C=O) groups excluding carboxylic acids is 1. The van der Waals surface area contributed by atoms with Crippen molar-refractivity contribution >= 4 is 42.3 Å². The molecule has 3 rings (SSSR count). The van der Waals surface area contributed by atoms with Crippen molar-refractivity contribution in [1.29, 1.82) is 0 Å². The zero-order valence-electron chi connectivity index (χ0n) is 13.6. The Morgan fingerprint density at radius 2 is 1.92 bits per heavy atom. The summed E-state index contributed by atoms with van der Waals surface area (Å²) in [5, 5.41) is 3.57. The highest BCUT2D eigenvalue weighted by Crippen LogP contribution is 2.28. The van der Waals surface area contributed by atoms with Gasteiger partial charge in [-0.25, -0.2) is 13.4 Å². The molecule has 0 fully saturated rings. The number of nitrogens with zero attached hydrogens (tertiary/aromatic N) is 1. The number of carbonyl (C=O) groups is 1. The highest BCUT2D eigenvalue weighted by atomic mass is 32.2. The molecule has 25 heavy (non-hydrogen) atoms. The van der Waals surface area contributed by atoms with Gasteiger partial charge in [0.05, 0.1) is 28.8 Å². The third kappa shape index (κ3) is 3.97. The van der Waals surface area contributed by atoms with E-state index in [1.54, 1.807) is 43.5 Å². The quantitative estimate of drug-likeness (QED) is 0.666. The number of methoxy groups -OCH3 is 1. The third-order valence-electron chi connectivity index (χ3n) is 3.60. The molecule has 130 valence electrons. The fourth-order valence-corrected chi connectivity index (χ4v) is 3.87. The number of anilines is 1. The van der Waals surface area contributed by atoms with Crippen LogP contribution in [0.2, 0.25) is 0 Å². The minimum atomic E-state index is -3.26. The van der Waals surface area contributed by atoms with Gasteiger partial charge in [0.25, 0.3) is 0 Å². The van der Waals surface area contributed by atoms with Gasteiger partial charge >= 0.3 is 0 Å². The van der Waals surface area contributed by atoms with E-state index in [4.69, 9.17) is 4.74 Å². The predicted molar refractivity (Wildman–Crippen MR) is 98.5 cm³/mol. The second-order valence-corrected chi connectivity index (χ2v) is 8.47. The number of benzene rings is 2. The number of sulfone groups is 1. The van der Waals surface area contributed by atoms with Crippen molar-refractivity contribution in [3.63, 3.8) is 0 Å². The predicted octanol–water partition coefficient (Wildman–Crippen LogP) is 3.00. The van der Waals surface area contributed by atoms with Crippen LogP contribution in [0.3, 0.4) is 0 Å². The van der Waals surface area contributed by atoms with Crippen molar-refractivity contribution in [2.75, 3.05) is 25.2 Å². The number of fused-ring (bicyclic) bond motifs is 1. The molecule has 8 heteroatoms. The minimum absolute atomic E-state index is 0.0706. The molecule has 1 aromatic heterocycles. The van der Waals surface area contributed by atoms with Crippen molar-refractivity contribution < 1.29 is 17.9 Å². The first kappa shape index (κ1) is 17.4. The molecular formula is C17H16N2O4S2. The Balaban J connectivity index is 1.73. The highest BCUT2D eigenvalue weighted by Gasteiger charge is 2.12. The van der Waals surface area contributed by atoms with E-state index in [0.717, 1.165) is 4.70 Å². The molecule has 0 atom stereocenters. The van der Waals surface area contributed by atoms with Crippen LogP contribution in [0.4, 0.5) is 5.13 Å². The van der Waals surface area contributed by atoms with Crippen LogP contribution in [-0.4, -0.2) is 39.1 Å². The molecule has 0 amide bonds. The Hall–Kier alpha value is -2.45. The largest absolute Gasteiger partial charge is 0.497 e. The van der Waals surface area contributed by atoms with Crippen LogP contribution in [0.1, 0.15) is 10.4 Å². The molecule has 0 unspecified atom stereocenters. The maximum atomic E-state index is 12.2. The molecule has 0 bridgehead atoms. The standard InChI is InChI=1S/C17H16N2O4S2/c1-23-12-5-3-11(4-6-12)15(20)10-18-17-19-14-8-7-13(25(2,21)22)9-16(14)24-17/h3-9H,10H2,1-2H3,(H,18,19). The van der Waals surface area contributed by atoms with Crippen LogP contribution in [0.5, 0.6) is 5.75 Å². The SMILES string of the molecule is COc1ccc(C(=O)CNc2nc3ccc(S(C)(=O)=O)cc3s2)cc1. The van der Waals surface area contributed by atoms with Crippen LogP contribution in [0, 0.1) is 0 Å². The Morgan fingerprint density at radius 3 is 2.56 bits per heavy atom. The summed E-state index contributed by atoms with van der Waals surface area (Å²) in [4.78, 5) is 16.8. The van der Waals surface area contributed by atoms with Crippen LogP contribution in [-0.2, 0) is 9.84 Å². The van der Waals surface area contributed by atoms with E-state index in [0.29, 0.717) is 22.0 Å². The number of hydrogen-bond acceptors (Lipinski definition) is 7. The first-order valence-corrected chi connectivity index (χ1v) is 10.1. The summed E-state index contributed by atoms with van der Waals surface area (Å²) in [6.45, 7) is 0.102. The Kier molecular flexibility index (Phi) is 4.73. The normalized spacial score (nSPS) is 11.4. The lowest BCUT2D eigenvalue weighted by Crippen LogP contribution is -2.13. The summed E-state index contributed by atoms with van der Waals surface area (Å²) in [5.74, 6) is 0.621. The van der Waals surface area contributed by atoms with Crippen LogP contribution >= 0.6 is 11.3 Å². The molecule has 1 heterocycles. The number of aromatic nitrogens is 1. The first-order chi connectivity index (χ1) is 11.9. The molecule has 6 nitrogen and oxygen atoms in total. The van der Waals surface area contributed by atoms with Crippen molar-refractivity contribution in [2.45, 2.75) is 4.90 Å². The second-order valence-electron chi connectivity index (χ2n) is 5.43. The minimum Gasteiger partial charge on any atom is -0.497 e. The zero-order chi connectivity index (χ0) is 18.0. The van der Waals surface area contributed by atoms with E-state index >= 15 is 0 Å². The van der Waals surface area contributed by atoms with Gasteiger partial charge in [-0.3, -0.25) is 4.79 Å². The zero-order valence-corrected chi connectivity index (χ0v) is 15.3. The summed E-state index contributed by atoms with van der Waals surface area (Å²) in [6.07, 6.45) is 1.17. The average molecular weight is 376 g/mol. The lowest BCUT2D eigenvalue weighted by atomic mass is 10.1. The topological polar surface area (TPSA) is 85.4 Å². The fourth-order valence-electron chi connectivity index (χ4n) is 2.25. The van der Waals surface area contributed by atoms with Gasteiger partial charge in [-0.15, -0.1) is 0 Å². The van der Waals surface area contributed by atoms with Gasteiger partial charge in [-0.1, -0.05) is 11.3 Å². The highest BCUT2D eigenvalue weighted by molar-refractivity contribution is 7.90. The van der Waals surface area contributed by atoms with Gasteiger partial charge in [-0.05, 0) is 42.5 Å². The molecule has 0 aliphatic carbocycles. The lowest BCUT2D eigenvalue weighted by molar-refractivity contribution is 0.101. The molecule has 1 N–H and O–H groups in total. The first-order valence-electron chi connectivity index (χ1n) is 7.38. The van der Waals surface area contributed by atoms with Crippen molar-refractivity contribution in [2.24, 2.45) is 0 Å². The van der Waals surface area contributed by atoms with E-state index < -0.39 is 9.84 Å². The van der Waals surface area contributed by atoms with Gasteiger partial charge in [-0.2, -0.15) is 0 Å². The molecule has 0 aliphatic rings. The van der Waals surface area contributed by atoms with Crippen LogP contribution in [0.25, 0.3) is 10.2 Å². The smallest absolute Gasteiger partial charge is 0.184 e. The van der Waals surface area contributed by atoms with Crippen LogP contribution in [0.15, 0.2) is 47.4 Å². The molecule has 2 aromatic carbocycles. The number of ketones is 1. The summed E-state index contributed by atoms with van der Waals surface area (Å²) < 4.78 is 29.1. The maximum Gasteiger partial charge on any atom is 0.184 e. The number of rotatable bonds is 6. The number of ether oxygens (including phenoxy) is 1. The van der Waals surface area contributed by atoms with E-state index in [1.807, 2.05) is 0 Å². The van der Waals surface area contributed by atoms with Crippen LogP contribution < -0.4 is 10.1 Å². The lowest BCUT2D eigenvalue weighted by Gasteiger charge is -2.03. The van der Waals surface area contributed by atoms with Gasteiger partial charge < -0.3 is 10.1 Å². The van der Waals surface area contributed by atoms with Gasteiger partial charge in [0.2, 0.25) is 0 Å². The number of Topliss-reactive ketones (excluding diaryl/α,β-unsaturated/α-hetero) is 1. The molecular weight excluding hydrogens is 360 g/mol. The number of hydrogen-bond donors (Lipinski definition) is 1. The van der Waals surface area contributed by atoms with Crippen molar-refractivity contribution in [3.8, 4) is 5.75 Å². The van der Waals surface area contributed by atoms with Crippen molar-refractivity contribution in [3.05, 3.63) is 48.0 Å². The van der Waals surface area contributed by atoms with Gasteiger partial charge in [0.15, 0.2) is 20.8 Å². The van der Waals surface area contributed by atoms with E-state index in [9.17, 15) is 13.2 Å². The number of nitrogens with one attached hydrogen (secondary N) is 1. The molecule has 0 saturated heterocycles. The molecule has 0 radical (unpaired) electrons. The van der Waals surface area contributed by atoms with Crippen molar-refractivity contribution in [1.82, 2.24) is 4.98 Å². The summed E-state index contributed by atoms with van der Waals surface area (Å²) in [7, 11) is -1.69. The monoisotopic (exact) mass is 376 g/mol. The molecule has 0 spiro atoms. The summed E-state index contributed by atoms with van der Waals surface area (Å²) >= 11 is 1.31. The fraction of sp³-hybridized carbons (Fsp3) is 0.176. The Bertz CT molecular complexity index is 1020. The summed E-state index contributed by atoms with van der Waals surface area (Å²) in [6, 6.07) is 11.7. The van der Waals surface area contributed by atoms with E-state index in [-0.39, 0.29) is 17.2 Å². The second kappa shape index (κ2) is 6.81. The molecule has 0 aliphatic heterocycles. The van der Waals surface area contributed by atoms with Gasteiger partial charge in [0, 0.05) is 11.8 Å².